The van der Waals surface area contributed by atoms with Crippen molar-refractivity contribution >= 4 is 29.3 Å². The molecule has 102 valence electrons. The summed E-state index contributed by atoms with van der Waals surface area (Å²) in [5.74, 6) is 0.0511. The predicted octanol–water partition coefficient (Wildman–Crippen LogP) is 1.80. The van der Waals surface area contributed by atoms with Crippen LogP contribution in [-0.4, -0.2) is 17.1 Å². The number of hydrogen-bond donors (Lipinski definition) is 4. The van der Waals surface area contributed by atoms with Crippen molar-refractivity contribution < 1.29 is 4.79 Å². The quantitative estimate of drug-likeness (QED) is 0.502. The molecule has 0 saturated heterocycles. The molecule has 0 bridgehead atoms. The summed E-state index contributed by atoms with van der Waals surface area (Å²) in [6, 6.07) is 6.63. The smallest absolute Gasteiger partial charge is 0.258 e. The van der Waals surface area contributed by atoms with E-state index in [1.54, 1.807) is 18.3 Å². The largest absolute Gasteiger partial charge is 0.398 e. The molecule has 6 N–H and O–H groups in total. The molecule has 0 aliphatic rings. The third-order valence-corrected chi connectivity index (χ3v) is 2.86. The number of anilines is 3. The summed E-state index contributed by atoms with van der Waals surface area (Å²) in [7, 11) is 0. The first kappa shape index (κ1) is 13.5. The van der Waals surface area contributed by atoms with Gasteiger partial charge in [-0.05, 0) is 30.7 Å². The van der Waals surface area contributed by atoms with Gasteiger partial charge in [0.2, 0.25) is 0 Å². The Morgan fingerprint density at radius 1 is 1.30 bits per heavy atom. The Labute approximate surface area is 116 Å². The van der Waals surface area contributed by atoms with Crippen LogP contribution in [0.25, 0.3) is 0 Å². The van der Waals surface area contributed by atoms with Gasteiger partial charge in [0.25, 0.3) is 5.91 Å². The van der Waals surface area contributed by atoms with Gasteiger partial charge < -0.3 is 22.2 Å². The maximum atomic E-state index is 12.2. The van der Waals surface area contributed by atoms with Crippen molar-refractivity contribution in [1.82, 2.24) is 4.98 Å². The van der Waals surface area contributed by atoms with E-state index in [2.05, 4.69) is 10.3 Å². The number of nitrogens with zero attached hydrogens (tertiary/aromatic N) is 1. The number of rotatable bonds is 3. The lowest BCUT2D eigenvalue weighted by Gasteiger charge is -2.10. The van der Waals surface area contributed by atoms with Crippen molar-refractivity contribution in [3.8, 4) is 0 Å². The molecule has 1 heterocycles. The maximum Gasteiger partial charge on any atom is 0.258 e. The molecule has 0 atom stereocenters. The molecular formula is C14H15N5O. The molecule has 1 aromatic carbocycles. The van der Waals surface area contributed by atoms with Crippen LogP contribution in [0.2, 0.25) is 0 Å². The average molecular weight is 269 g/mol. The van der Waals surface area contributed by atoms with Gasteiger partial charge in [-0.15, -0.1) is 0 Å². The van der Waals surface area contributed by atoms with Gasteiger partial charge in [0.05, 0.1) is 11.3 Å². The van der Waals surface area contributed by atoms with Crippen LogP contribution < -0.4 is 16.8 Å². The van der Waals surface area contributed by atoms with Crippen LogP contribution >= 0.6 is 0 Å². The number of aromatic nitrogens is 1. The number of carbonyl (C=O) groups excluding carboxylic acids is 1. The highest BCUT2D eigenvalue weighted by molar-refractivity contribution is 6.10. The van der Waals surface area contributed by atoms with Crippen molar-refractivity contribution in [2.75, 3.05) is 16.8 Å². The Hall–Kier alpha value is -2.89. The van der Waals surface area contributed by atoms with Crippen LogP contribution in [0.4, 0.5) is 17.2 Å². The van der Waals surface area contributed by atoms with Crippen LogP contribution in [0.5, 0.6) is 0 Å². The molecule has 0 aliphatic heterocycles. The molecule has 1 amide bonds. The van der Waals surface area contributed by atoms with Crippen molar-refractivity contribution in [3.63, 3.8) is 0 Å². The Morgan fingerprint density at radius 3 is 2.65 bits per heavy atom. The Bertz CT molecular complexity index is 664. The Balaban J connectivity index is 2.30. The fraction of sp³-hybridized carbons (Fsp3) is 0.0714. The van der Waals surface area contributed by atoms with Crippen molar-refractivity contribution in [3.05, 3.63) is 47.2 Å². The number of amides is 1. The minimum absolute atomic E-state index is 0.185. The number of nitrogens with two attached hydrogens (primary N) is 2. The molecule has 0 saturated carbocycles. The zero-order valence-electron chi connectivity index (χ0n) is 11.0. The van der Waals surface area contributed by atoms with Gasteiger partial charge in [0.15, 0.2) is 0 Å². The lowest BCUT2D eigenvalue weighted by atomic mass is 10.1. The molecule has 0 radical (unpaired) electrons. The lowest BCUT2D eigenvalue weighted by Crippen LogP contribution is -2.16. The molecule has 6 nitrogen and oxygen atoms in total. The number of pyridine rings is 1. The van der Waals surface area contributed by atoms with Gasteiger partial charge >= 0.3 is 0 Å². The van der Waals surface area contributed by atoms with E-state index in [9.17, 15) is 4.79 Å². The highest BCUT2D eigenvalue weighted by Crippen LogP contribution is 2.22. The predicted molar refractivity (Wildman–Crippen MR) is 80.1 cm³/mol. The van der Waals surface area contributed by atoms with Gasteiger partial charge in [-0.2, -0.15) is 0 Å². The summed E-state index contributed by atoms with van der Waals surface area (Å²) >= 11 is 0. The first-order chi connectivity index (χ1) is 9.52. The van der Waals surface area contributed by atoms with Crippen LogP contribution in [0.1, 0.15) is 21.5 Å². The standard InChI is InChI=1S/C14H15N5O/c1-8-2-5-12(18-7-8)19-14(20)9-3-4-11(16)10(6-15)13(9)17/h2-7,15H,16-17H2,1H3,(H,18,19,20). The van der Waals surface area contributed by atoms with Gasteiger partial charge in [-0.1, -0.05) is 6.07 Å². The zero-order valence-corrected chi connectivity index (χ0v) is 11.0. The van der Waals surface area contributed by atoms with Crippen LogP contribution in [0.3, 0.4) is 0 Å². The first-order valence-corrected chi connectivity index (χ1v) is 5.95. The van der Waals surface area contributed by atoms with E-state index in [0.717, 1.165) is 11.8 Å². The Kier molecular flexibility index (Phi) is 3.65. The molecular weight excluding hydrogens is 254 g/mol. The number of aryl methyl sites for hydroxylation is 1. The minimum atomic E-state index is -0.387. The third-order valence-electron chi connectivity index (χ3n) is 2.86. The zero-order chi connectivity index (χ0) is 14.7. The van der Waals surface area contributed by atoms with Gasteiger partial charge in [-0.3, -0.25) is 4.79 Å². The molecule has 0 aliphatic carbocycles. The number of carbonyl (C=O) groups is 1. The summed E-state index contributed by atoms with van der Waals surface area (Å²) in [6.45, 7) is 1.91. The highest BCUT2D eigenvalue weighted by atomic mass is 16.1. The van der Waals surface area contributed by atoms with Gasteiger partial charge in [-0.25, -0.2) is 4.98 Å². The minimum Gasteiger partial charge on any atom is -0.398 e. The van der Waals surface area contributed by atoms with Crippen molar-refractivity contribution in [2.24, 2.45) is 0 Å². The molecule has 0 fully saturated rings. The van der Waals surface area contributed by atoms with Crippen LogP contribution in [-0.2, 0) is 0 Å². The fourth-order valence-corrected chi connectivity index (χ4v) is 1.74. The summed E-state index contributed by atoms with van der Waals surface area (Å²) in [4.78, 5) is 16.2. The second-order valence-corrected chi connectivity index (χ2v) is 4.35. The maximum absolute atomic E-state index is 12.2. The SMILES string of the molecule is Cc1ccc(NC(=O)c2ccc(N)c(C=N)c2N)nc1. The molecule has 0 unspecified atom stereocenters. The molecule has 6 heteroatoms. The van der Waals surface area contributed by atoms with Gasteiger partial charge in [0, 0.05) is 23.7 Å². The topological polar surface area (TPSA) is 118 Å². The summed E-state index contributed by atoms with van der Waals surface area (Å²) < 4.78 is 0. The van der Waals surface area contributed by atoms with E-state index in [1.807, 2.05) is 13.0 Å². The second kappa shape index (κ2) is 5.40. The summed E-state index contributed by atoms with van der Waals surface area (Å²) in [5, 5.41) is 9.93. The molecule has 2 rings (SSSR count). The normalized spacial score (nSPS) is 10.1. The Morgan fingerprint density at radius 2 is 2.05 bits per heavy atom. The van der Waals surface area contributed by atoms with E-state index in [4.69, 9.17) is 16.9 Å². The van der Waals surface area contributed by atoms with E-state index in [1.165, 1.54) is 6.07 Å². The van der Waals surface area contributed by atoms with E-state index in [-0.39, 0.29) is 17.2 Å². The van der Waals surface area contributed by atoms with Crippen LogP contribution in [0.15, 0.2) is 30.5 Å². The molecule has 2 aromatic rings. The highest BCUT2D eigenvalue weighted by Gasteiger charge is 2.14. The summed E-state index contributed by atoms with van der Waals surface area (Å²) in [6.07, 6.45) is 2.69. The lowest BCUT2D eigenvalue weighted by molar-refractivity contribution is 0.102. The molecule has 20 heavy (non-hydrogen) atoms. The van der Waals surface area contributed by atoms with Crippen LogP contribution in [0, 0.1) is 12.3 Å². The van der Waals surface area contributed by atoms with E-state index in [0.29, 0.717) is 17.1 Å². The number of hydrogen-bond acceptors (Lipinski definition) is 5. The molecule has 0 spiro atoms. The summed E-state index contributed by atoms with van der Waals surface area (Å²) in [5.41, 5.74) is 13.7. The monoisotopic (exact) mass is 269 g/mol. The van der Waals surface area contributed by atoms with Crippen molar-refractivity contribution in [2.45, 2.75) is 6.92 Å². The molecule has 1 aromatic heterocycles. The average Bonchev–Trinajstić information content (AvgIpc) is 2.42. The number of benzene rings is 1. The van der Waals surface area contributed by atoms with E-state index >= 15 is 0 Å². The fourth-order valence-electron chi connectivity index (χ4n) is 1.74. The van der Waals surface area contributed by atoms with Gasteiger partial charge in [0.1, 0.15) is 5.82 Å². The first-order valence-electron chi connectivity index (χ1n) is 5.95. The second-order valence-electron chi connectivity index (χ2n) is 4.35. The number of nitrogens with one attached hydrogen (secondary N) is 2. The number of nitrogen functional groups attached to an aromatic ring is 2. The van der Waals surface area contributed by atoms with Crippen molar-refractivity contribution in [1.29, 1.82) is 5.41 Å². The van der Waals surface area contributed by atoms with E-state index < -0.39 is 0 Å². The third kappa shape index (κ3) is 2.59.